The number of aryl methyl sites for hydroxylation is 2. The Kier molecular flexibility index (Phi) is 9.62. The van der Waals surface area contributed by atoms with Gasteiger partial charge in [-0.05, 0) is 121 Å². The van der Waals surface area contributed by atoms with Crippen molar-refractivity contribution in [3.63, 3.8) is 0 Å². The summed E-state index contributed by atoms with van der Waals surface area (Å²) in [6.45, 7) is 8.76. The van der Waals surface area contributed by atoms with Gasteiger partial charge in [0.25, 0.3) is 0 Å². The number of nitrogens with zero attached hydrogens (tertiary/aromatic N) is 2. The average molecular weight is 562 g/mol. The van der Waals surface area contributed by atoms with Gasteiger partial charge in [0.2, 0.25) is 5.91 Å². The van der Waals surface area contributed by atoms with Gasteiger partial charge in [-0.3, -0.25) is 14.7 Å². The van der Waals surface area contributed by atoms with E-state index in [1.54, 1.807) is 0 Å². The number of nitrogens with one attached hydrogen (secondary N) is 2. The largest absolute Gasteiger partial charge is 0.356 e. The molecule has 190 valence electrons. The van der Waals surface area contributed by atoms with E-state index in [2.05, 4.69) is 49.7 Å². The van der Waals surface area contributed by atoms with E-state index >= 15 is 0 Å². The van der Waals surface area contributed by atoms with Crippen LogP contribution in [0.25, 0.3) is 0 Å². The predicted octanol–water partition coefficient (Wildman–Crippen LogP) is 5.54. The fourth-order valence-corrected chi connectivity index (χ4v) is 6.25. The summed E-state index contributed by atoms with van der Waals surface area (Å²) in [7, 11) is 0. The number of hydrogen-bond acceptors (Lipinski definition) is 4. The number of aromatic nitrogens is 1. The molecule has 1 aliphatic carbocycles. The summed E-state index contributed by atoms with van der Waals surface area (Å²) in [5, 5.41) is 7.43. The second-order valence-corrected chi connectivity index (χ2v) is 11.0. The van der Waals surface area contributed by atoms with Crippen LogP contribution in [0.2, 0.25) is 5.02 Å². The van der Waals surface area contributed by atoms with E-state index in [4.69, 9.17) is 16.6 Å². The van der Waals surface area contributed by atoms with Gasteiger partial charge in [-0.25, -0.2) is 0 Å². The number of piperidine rings is 2. The van der Waals surface area contributed by atoms with Crippen LogP contribution in [0.3, 0.4) is 0 Å². The van der Waals surface area contributed by atoms with Crippen molar-refractivity contribution in [2.45, 2.75) is 58.4 Å². The van der Waals surface area contributed by atoms with Crippen molar-refractivity contribution < 1.29 is 4.79 Å². The molecule has 0 saturated carbocycles. The molecule has 1 atom stereocenters. The van der Waals surface area contributed by atoms with E-state index in [9.17, 15) is 4.79 Å². The first-order chi connectivity index (χ1) is 17.1. The summed E-state index contributed by atoms with van der Waals surface area (Å²) in [5.74, 6) is 0.964. The van der Waals surface area contributed by atoms with E-state index in [1.807, 2.05) is 26.1 Å². The van der Waals surface area contributed by atoms with E-state index in [1.165, 1.54) is 16.7 Å². The molecule has 0 spiro atoms. The number of benzene rings is 1. The number of rotatable bonds is 4. The highest BCUT2D eigenvalue weighted by Gasteiger charge is 2.34. The van der Waals surface area contributed by atoms with Crippen molar-refractivity contribution in [3.8, 4) is 0 Å². The lowest BCUT2D eigenvalue weighted by molar-refractivity contribution is -0.126. The monoisotopic (exact) mass is 560 g/mol. The Morgan fingerprint density at radius 2 is 1.83 bits per heavy atom. The Hall–Kier alpha value is -1.47. The molecule has 1 aromatic carbocycles. The van der Waals surface area contributed by atoms with E-state index in [0.717, 1.165) is 86.4 Å². The Bertz CT molecular complexity index is 949. The highest BCUT2D eigenvalue weighted by atomic mass is 79.9. The number of amides is 1. The van der Waals surface area contributed by atoms with E-state index in [0.29, 0.717) is 5.92 Å². The highest BCUT2D eigenvalue weighted by molar-refractivity contribution is 9.10. The molecule has 0 bridgehead atoms. The maximum atomic E-state index is 12.9. The molecule has 2 saturated heterocycles. The van der Waals surface area contributed by atoms with Crippen molar-refractivity contribution in [1.29, 1.82) is 0 Å². The number of likely N-dealkylation sites (tertiary alicyclic amines) is 1. The molecule has 1 unspecified atom stereocenters. The Morgan fingerprint density at radius 1 is 1.11 bits per heavy atom. The van der Waals surface area contributed by atoms with Crippen LogP contribution < -0.4 is 10.6 Å². The minimum Gasteiger partial charge on any atom is -0.356 e. The summed E-state index contributed by atoms with van der Waals surface area (Å²) < 4.78 is 1.02. The molecule has 2 fully saturated rings. The second kappa shape index (κ2) is 12.7. The topological polar surface area (TPSA) is 57.3 Å². The number of fused-ring (bicyclic) bond motifs is 2. The van der Waals surface area contributed by atoms with Gasteiger partial charge >= 0.3 is 0 Å². The zero-order chi connectivity index (χ0) is 24.8. The fourth-order valence-electron chi connectivity index (χ4n) is 5.68. The molecule has 1 amide bonds. The molecular weight excluding hydrogens is 524 g/mol. The van der Waals surface area contributed by atoms with Crippen molar-refractivity contribution >= 4 is 33.4 Å². The van der Waals surface area contributed by atoms with Crippen LogP contribution >= 0.6 is 27.5 Å². The molecule has 5 rings (SSSR count). The standard InChI is InChI=1S/C26H32BrClN4O.C2H6/c27-21-13-20-2-1-19-14-22(28)3-4-23(19)25(24(20)30-16-21)32-11-7-18(8-12-32)26(33)31-15-17-5-9-29-10-6-17;1-2/h3-4,13-14,16-18,25,29H,1-2,5-12,15H2,(H,31,33);1-2H3. The highest BCUT2D eigenvalue weighted by Crippen LogP contribution is 2.39. The lowest BCUT2D eigenvalue weighted by atomic mass is 9.90. The number of halogens is 2. The van der Waals surface area contributed by atoms with Gasteiger partial charge in [0.15, 0.2) is 0 Å². The summed E-state index contributed by atoms with van der Waals surface area (Å²) in [6.07, 6.45) is 7.94. The molecule has 5 nitrogen and oxygen atoms in total. The molecule has 3 aliphatic rings. The minimum atomic E-state index is 0.107. The summed E-state index contributed by atoms with van der Waals surface area (Å²) >= 11 is 9.96. The van der Waals surface area contributed by atoms with Crippen LogP contribution in [0.4, 0.5) is 0 Å². The van der Waals surface area contributed by atoms with Crippen LogP contribution in [0.5, 0.6) is 0 Å². The van der Waals surface area contributed by atoms with Gasteiger partial charge in [0.05, 0.1) is 11.7 Å². The minimum absolute atomic E-state index is 0.107. The van der Waals surface area contributed by atoms with Gasteiger partial charge in [-0.15, -0.1) is 0 Å². The molecule has 1 aromatic heterocycles. The quantitative estimate of drug-likeness (QED) is 0.515. The summed E-state index contributed by atoms with van der Waals surface area (Å²) in [4.78, 5) is 20.3. The van der Waals surface area contributed by atoms with Crippen LogP contribution in [0.15, 0.2) is 34.9 Å². The van der Waals surface area contributed by atoms with Crippen molar-refractivity contribution in [2.24, 2.45) is 11.8 Å². The molecule has 0 radical (unpaired) electrons. The third kappa shape index (κ3) is 6.46. The van der Waals surface area contributed by atoms with Crippen molar-refractivity contribution in [3.05, 3.63) is 62.3 Å². The van der Waals surface area contributed by atoms with Crippen molar-refractivity contribution in [1.82, 2.24) is 20.5 Å². The first-order valence-electron chi connectivity index (χ1n) is 13.2. The molecular formula is C28H38BrClN4O. The Morgan fingerprint density at radius 3 is 2.57 bits per heavy atom. The van der Waals surface area contributed by atoms with Gasteiger partial charge in [0.1, 0.15) is 0 Å². The van der Waals surface area contributed by atoms with Crippen LogP contribution in [-0.2, 0) is 17.6 Å². The van der Waals surface area contributed by atoms with Gasteiger partial charge in [-0.1, -0.05) is 31.5 Å². The number of pyridine rings is 1. The molecule has 2 N–H and O–H groups in total. The van der Waals surface area contributed by atoms with E-state index in [-0.39, 0.29) is 17.9 Å². The lowest BCUT2D eigenvalue weighted by Crippen LogP contribution is -2.44. The third-order valence-electron chi connectivity index (χ3n) is 7.58. The Balaban J connectivity index is 0.00000141. The van der Waals surface area contributed by atoms with Gasteiger partial charge in [0, 0.05) is 28.2 Å². The molecule has 2 aliphatic heterocycles. The first-order valence-corrected chi connectivity index (χ1v) is 14.4. The van der Waals surface area contributed by atoms with Crippen molar-refractivity contribution in [2.75, 3.05) is 32.7 Å². The molecule has 35 heavy (non-hydrogen) atoms. The maximum Gasteiger partial charge on any atom is 0.223 e. The first kappa shape index (κ1) is 26.6. The second-order valence-electron chi connectivity index (χ2n) is 9.69. The van der Waals surface area contributed by atoms with Gasteiger partial charge in [-0.2, -0.15) is 0 Å². The average Bonchev–Trinajstić information content (AvgIpc) is 3.05. The maximum absolute atomic E-state index is 12.9. The van der Waals surface area contributed by atoms with Crippen LogP contribution in [0, 0.1) is 11.8 Å². The Labute approximate surface area is 223 Å². The molecule has 7 heteroatoms. The molecule has 3 heterocycles. The predicted molar refractivity (Wildman–Crippen MR) is 147 cm³/mol. The zero-order valence-electron chi connectivity index (χ0n) is 21.0. The van der Waals surface area contributed by atoms with Crippen LogP contribution in [-0.4, -0.2) is 48.5 Å². The smallest absolute Gasteiger partial charge is 0.223 e. The fraction of sp³-hybridized carbons (Fsp3) is 0.571. The zero-order valence-corrected chi connectivity index (χ0v) is 23.3. The van der Waals surface area contributed by atoms with E-state index < -0.39 is 0 Å². The lowest BCUT2D eigenvalue weighted by Gasteiger charge is -2.38. The van der Waals surface area contributed by atoms with Crippen LogP contribution in [0.1, 0.15) is 68.0 Å². The molecule has 2 aromatic rings. The summed E-state index contributed by atoms with van der Waals surface area (Å²) in [6, 6.07) is 8.62. The number of carbonyl (C=O) groups is 1. The number of hydrogen-bond donors (Lipinski definition) is 2. The third-order valence-corrected chi connectivity index (χ3v) is 8.25. The van der Waals surface area contributed by atoms with Gasteiger partial charge < -0.3 is 10.6 Å². The summed E-state index contributed by atoms with van der Waals surface area (Å²) in [5.41, 5.74) is 5.06. The normalized spacial score (nSPS) is 21.2. The SMILES string of the molecule is CC.O=C(NCC1CCNCC1)C1CCN(C2c3ccc(Cl)cc3CCc3cc(Br)cnc32)CC1. The number of carbonyl (C=O) groups excluding carboxylic acids is 1.